The first kappa shape index (κ1) is 28.7. The largest absolute Gasteiger partial charge is 0.504 e. The number of aromatic hydroxyl groups is 1. The van der Waals surface area contributed by atoms with Gasteiger partial charge in [0.25, 0.3) is 0 Å². The molecular weight excluding hydrogens is 628 g/mol. The van der Waals surface area contributed by atoms with Crippen molar-refractivity contribution in [3.8, 4) is 11.5 Å². The average molecular weight is 660 g/mol. The Labute approximate surface area is 262 Å². The normalized spacial score (nSPS) is 26.7. The molecular formula is C34H31BrN2O7. The number of carbonyl (C=O) groups excluding carboxylic acids is 4. The van der Waals surface area contributed by atoms with Gasteiger partial charge in [-0.15, -0.1) is 0 Å². The first-order valence-electron chi connectivity index (χ1n) is 14.9. The molecule has 226 valence electrons. The van der Waals surface area contributed by atoms with E-state index in [9.17, 15) is 24.3 Å². The van der Waals surface area contributed by atoms with Crippen molar-refractivity contribution < 1.29 is 33.8 Å². The van der Waals surface area contributed by atoms with E-state index in [0.717, 1.165) is 24.4 Å². The van der Waals surface area contributed by atoms with Crippen LogP contribution < -0.4 is 14.5 Å². The first-order chi connectivity index (χ1) is 21.3. The number of morpholine rings is 1. The van der Waals surface area contributed by atoms with E-state index in [1.165, 1.54) is 17.0 Å². The van der Waals surface area contributed by atoms with Gasteiger partial charge in [0.05, 0.1) is 41.8 Å². The third-order valence-electron chi connectivity index (χ3n) is 9.43. The number of hydrogen-bond donors (Lipinski definition) is 1. The maximum Gasteiger partial charge on any atom is 0.238 e. The van der Waals surface area contributed by atoms with E-state index in [2.05, 4.69) is 20.8 Å². The summed E-state index contributed by atoms with van der Waals surface area (Å²) in [6.45, 7) is 5.00. The number of nitrogens with zero attached hydrogens (tertiary/aromatic N) is 2. The number of hydrogen-bond acceptors (Lipinski definition) is 8. The molecule has 3 aliphatic carbocycles. The number of anilines is 2. The van der Waals surface area contributed by atoms with Gasteiger partial charge < -0.3 is 19.5 Å². The Bertz CT molecular complexity index is 1690. The Hall–Kier alpha value is -4.02. The van der Waals surface area contributed by atoms with Crippen molar-refractivity contribution >= 4 is 50.7 Å². The molecule has 7 rings (SSSR count). The number of halogens is 1. The van der Waals surface area contributed by atoms with Crippen LogP contribution in [0, 0.1) is 17.8 Å². The lowest BCUT2D eigenvalue weighted by atomic mass is 9.59. The number of Topliss-reactive ketones (excluding diaryl/α,β-unsaturated/α-hetero) is 1. The Kier molecular flexibility index (Phi) is 7.29. The summed E-state index contributed by atoms with van der Waals surface area (Å²) in [4.78, 5) is 58.5. The summed E-state index contributed by atoms with van der Waals surface area (Å²) < 4.78 is 11.3. The fourth-order valence-electron chi connectivity index (χ4n) is 7.46. The number of rotatable bonds is 5. The van der Waals surface area contributed by atoms with Gasteiger partial charge in [-0.25, -0.2) is 0 Å². The minimum Gasteiger partial charge on any atom is -0.504 e. The van der Waals surface area contributed by atoms with Crippen molar-refractivity contribution in [2.75, 3.05) is 42.7 Å². The van der Waals surface area contributed by atoms with Crippen molar-refractivity contribution in [3.05, 3.63) is 81.4 Å². The molecule has 2 aliphatic heterocycles. The number of benzene rings is 2. The van der Waals surface area contributed by atoms with E-state index in [1.807, 2.05) is 37.3 Å². The zero-order valence-corrected chi connectivity index (χ0v) is 25.7. The molecule has 2 aromatic rings. The molecule has 4 unspecified atom stereocenters. The average Bonchev–Trinajstić information content (AvgIpc) is 3.30. The molecule has 0 saturated carbocycles. The van der Waals surface area contributed by atoms with Crippen molar-refractivity contribution in [2.24, 2.45) is 17.8 Å². The van der Waals surface area contributed by atoms with Crippen LogP contribution in [-0.2, 0) is 23.9 Å². The van der Waals surface area contributed by atoms with E-state index >= 15 is 0 Å². The number of ether oxygens (including phenoxy) is 2. The number of ketones is 2. The molecule has 0 aromatic heterocycles. The second-order valence-corrected chi connectivity index (χ2v) is 12.5. The molecule has 4 atom stereocenters. The highest BCUT2D eigenvalue weighted by Gasteiger charge is 2.56. The van der Waals surface area contributed by atoms with Crippen LogP contribution in [0.5, 0.6) is 11.5 Å². The van der Waals surface area contributed by atoms with Gasteiger partial charge >= 0.3 is 0 Å². The van der Waals surface area contributed by atoms with Crippen molar-refractivity contribution in [1.29, 1.82) is 0 Å². The molecule has 0 radical (unpaired) electrons. The molecule has 10 heteroatoms. The van der Waals surface area contributed by atoms with E-state index in [4.69, 9.17) is 9.47 Å². The number of phenolic OH excluding ortho intramolecular Hbond substituents is 1. The van der Waals surface area contributed by atoms with Crippen LogP contribution in [0.1, 0.15) is 31.2 Å². The predicted molar refractivity (Wildman–Crippen MR) is 166 cm³/mol. The molecule has 2 amide bonds. The lowest BCUT2D eigenvalue weighted by Crippen LogP contribution is -2.39. The maximum atomic E-state index is 14.2. The number of fused-ring (bicyclic) bond motifs is 3. The number of phenols is 1. The van der Waals surface area contributed by atoms with Gasteiger partial charge in [0.15, 0.2) is 23.1 Å². The summed E-state index contributed by atoms with van der Waals surface area (Å²) in [5.41, 5.74) is 3.78. The smallest absolute Gasteiger partial charge is 0.238 e. The number of allylic oxidation sites excluding steroid dienone is 6. The molecule has 1 N–H and O–H groups in total. The van der Waals surface area contributed by atoms with Gasteiger partial charge in [0, 0.05) is 41.9 Å². The molecule has 5 aliphatic rings. The summed E-state index contributed by atoms with van der Waals surface area (Å²) in [5.74, 6) is -3.18. The second-order valence-electron chi connectivity index (χ2n) is 11.7. The van der Waals surface area contributed by atoms with E-state index in [0.29, 0.717) is 48.6 Å². The second kappa shape index (κ2) is 11.2. The van der Waals surface area contributed by atoms with Crippen LogP contribution in [0.4, 0.5) is 11.4 Å². The predicted octanol–water partition coefficient (Wildman–Crippen LogP) is 4.59. The zero-order chi connectivity index (χ0) is 30.7. The van der Waals surface area contributed by atoms with Crippen molar-refractivity contribution in [1.82, 2.24) is 0 Å². The number of amides is 2. The lowest BCUT2D eigenvalue weighted by molar-refractivity contribution is -0.123. The maximum absolute atomic E-state index is 14.2. The Balaban J connectivity index is 1.27. The minimum atomic E-state index is -0.672. The van der Waals surface area contributed by atoms with E-state index in [1.54, 1.807) is 12.1 Å². The summed E-state index contributed by atoms with van der Waals surface area (Å²) in [7, 11) is 0. The van der Waals surface area contributed by atoms with Gasteiger partial charge in [-0.05, 0) is 83.6 Å². The molecule has 0 spiro atoms. The fraction of sp³-hybridized carbons (Fsp3) is 0.353. The third-order valence-corrected chi connectivity index (χ3v) is 10.0. The van der Waals surface area contributed by atoms with Crippen LogP contribution in [0.15, 0.2) is 75.8 Å². The van der Waals surface area contributed by atoms with Crippen LogP contribution in [0.3, 0.4) is 0 Å². The summed E-state index contributed by atoms with van der Waals surface area (Å²) in [6, 6.07) is 12.4. The Morgan fingerprint density at radius 2 is 1.70 bits per heavy atom. The highest BCUT2D eigenvalue weighted by atomic mass is 79.9. The van der Waals surface area contributed by atoms with Gasteiger partial charge in [-0.3, -0.25) is 24.1 Å². The number of imide groups is 1. The molecule has 2 aromatic carbocycles. The van der Waals surface area contributed by atoms with Crippen LogP contribution >= 0.6 is 15.9 Å². The fourth-order valence-corrected chi connectivity index (χ4v) is 7.90. The van der Waals surface area contributed by atoms with Crippen molar-refractivity contribution in [3.63, 3.8) is 0 Å². The first-order valence-corrected chi connectivity index (χ1v) is 15.7. The standard InChI is InChI=1S/C34H31BrN2O7/c1-2-44-28-15-18(3-10-26(28)38)29-21-8-9-22-30(23(21)16-24-31(29)27(39)17-25(35)32(24)40)34(42)37(33(22)41)20-6-4-19(5-7-20)36-11-13-43-14-12-36/h3-8,10,15,17,22-23,29-30,38H,2,9,11-14,16H2,1H3. The summed E-state index contributed by atoms with van der Waals surface area (Å²) >= 11 is 3.26. The zero-order valence-electron chi connectivity index (χ0n) is 24.1. The topological polar surface area (TPSA) is 113 Å². The monoisotopic (exact) mass is 658 g/mol. The molecule has 9 nitrogen and oxygen atoms in total. The Morgan fingerprint density at radius 3 is 2.43 bits per heavy atom. The van der Waals surface area contributed by atoms with E-state index in [-0.39, 0.29) is 45.8 Å². The van der Waals surface area contributed by atoms with Gasteiger partial charge in [-0.1, -0.05) is 17.7 Å². The quantitative estimate of drug-likeness (QED) is 0.282. The van der Waals surface area contributed by atoms with Gasteiger partial charge in [0.1, 0.15) is 0 Å². The van der Waals surface area contributed by atoms with Crippen LogP contribution in [0.25, 0.3) is 0 Å². The Morgan fingerprint density at radius 1 is 0.977 bits per heavy atom. The number of carbonyl (C=O) groups is 4. The SMILES string of the molecule is CCOc1cc(C2C3=CCC4C(=O)N(c5ccc(N6CCOCC6)cc5)C(=O)C4C3CC3=C2C(=O)C=C(Br)C3=O)ccc1O. The third kappa shape index (κ3) is 4.54. The molecule has 2 saturated heterocycles. The summed E-state index contributed by atoms with van der Waals surface area (Å²) in [6.07, 6.45) is 3.82. The van der Waals surface area contributed by atoms with Crippen molar-refractivity contribution in [2.45, 2.75) is 25.7 Å². The molecule has 2 heterocycles. The van der Waals surface area contributed by atoms with Crippen LogP contribution in [0.2, 0.25) is 0 Å². The highest BCUT2D eigenvalue weighted by molar-refractivity contribution is 9.12. The molecule has 0 bridgehead atoms. The highest BCUT2D eigenvalue weighted by Crippen LogP contribution is 2.56. The van der Waals surface area contributed by atoms with Gasteiger partial charge in [-0.2, -0.15) is 0 Å². The van der Waals surface area contributed by atoms with Crippen LogP contribution in [-0.4, -0.2) is 61.4 Å². The van der Waals surface area contributed by atoms with Gasteiger partial charge in [0.2, 0.25) is 11.8 Å². The van der Waals surface area contributed by atoms with E-state index < -0.39 is 23.7 Å². The summed E-state index contributed by atoms with van der Waals surface area (Å²) in [5, 5.41) is 10.4. The lowest BCUT2D eigenvalue weighted by Gasteiger charge is -2.42. The molecule has 44 heavy (non-hydrogen) atoms. The minimum absolute atomic E-state index is 0.0321. The molecule has 2 fully saturated rings.